The Morgan fingerprint density at radius 2 is 1.76 bits per heavy atom. The predicted octanol–water partition coefficient (Wildman–Crippen LogP) is 3.38. The second-order valence-electron chi connectivity index (χ2n) is 8.82. The van der Waals surface area contributed by atoms with Gasteiger partial charge in [-0.15, -0.1) is 0 Å². The summed E-state index contributed by atoms with van der Waals surface area (Å²) in [4.78, 5) is 37.2. The van der Waals surface area contributed by atoms with Crippen molar-refractivity contribution in [2.24, 2.45) is 0 Å². The van der Waals surface area contributed by atoms with Crippen molar-refractivity contribution in [3.05, 3.63) is 82.2 Å². The van der Waals surface area contributed by atoms with E-state index in [0.29, 0.717) is 24.6 Å². The second-order valence-corrected chi connectivity index (χ2v) is 8.82. The summed E-state index contributed by atoms with van der Waals surface area (Å²) in [6.45, 7) is 6.85. The molecule has 0 unspecified atom stereocenters. The summed E-state index contributed by atoms with van der Waals surface area (Å²) in [6.07, 6.45) is 1.88. The minimum atomic E-state index is -1.03. The molecule has 8 heteroatoms. The van der Waals surface area contributed by atoms with Crippen molar-refractivity contribution in [2.45, 2.75) is 33.0 Å². The molecule has 0 aliphatic carbocycles. The summed E-state index contributed by atoms with van der Waals surface area (Å²) in [7, 11) is 0. The maximum Gasteiger partial charge on any atom is 0.335 e. The lowest BCUT2D eigenvalue weighted by Crippen LogP contribution is -2.59. The molecule has 0 bridgehead atoms. The van der Waals surface area contributed by atoms with Gasteiger partial charge in [-0.1, -0.05) is 12.1 Å². The molecule has 168 valence electrons. The molecule has 1 amide bonds. The maximum atomic E-state index is 12.7. The van der Waals surface area contributed by atoms with E-state index in [0.717, 1.165) is 30.0 Å². The highest BCUT2D eigenvalue weighted by Gasteiger charge is 2.38. The molecule has 2 aliphatic rings. The lowest BCUT2D eigenvalue weighted by molar-refractivity contribution is 0.0249. The van der Waals surface area contributed by atoms with E-state index in [4.69, 9.17) is 10.1 Å². The minimum absolute atomic E-state index is 0.122. The summed E-state index contributed by atoms with van der Waals surface area (Å²) in [5.41, 5.74) is 5.99. The normalized spacial score (nSPS) is 15.8. The van der Waals surface area contributed by atoms with Crippen LogP contribution in [-0.4, -0.2) is 55.9 Å². The van der Waals surface area contributed by atoms with Crippen molar-refractivity contribution >= 4 is 23.5 Å². The van der Waals surface area contributed by atoms with Gasteiger partial charge in [0.1, 0.15) is 0 Å². The number of amides is 1. The second kappa shape index (κ2) is 8.29. The smallest absolute Gasteiger partial charge is 0.335 e. The number of likely N-dealkylation sites (tertiary alicyclic amines) is 1. The van der Waals surface area contributed by atoms with E-state index < -0.39 is 5.97 Å². The van der Waals surface area contributed by atoms with Gasteiger partial charge in [0.05, 0.1) is 11.3 Å². The first-order valence-corrected chi connectivity index (χ1v) is 10.9. The molecule has 1 fully saturated rings. The van der Waals surface area contributed by atoms with Crippen LogP contribution in [0.1, 0.15) is 43.1 Å². The molecule has 5 rings (SSSR count). The number of aryl methyl sites for hydroxylation is 2. The number of anilines is 2. The van der Waals surface area contributed by atoms with Crippen LogP contribution in [0.5, 0.6) is 0 Å². The number of aromatic carboxylic acids is 1. The van der Waals surface area contributed by atoms with E-state index in [-0.39, 0.29) is 17.5 Å². The molecule has 8 nitrogen and oxygen atoms in total. The van der Waals surface area contributed by atoms with Crippen molar-refractivity contribution in [1.82, 2.24) is 19.8 Å². The molecule has 33 heavy (non-hydrogen) atoms. The Balaban J connectivity index is 1.20. The van der Waals surface area contributed by atoms with E-state index in [1.807, 2.05) is 6.20 Å². The minimum Gasteiger partial charge on any atom is -0.478 e. The van der Waals surface area contributed by atoms with Crippen LogP contribution < -0.4 is 5.32 Å². The zero-order chi connectivity index (χ0) is 23.1. The van der Waals surface area contributed by atoms with Crippen LogP contribution >= 0.6 is 0 Å². The molecule has 3 aromatic rings. The molecule has 1 saturated heterocycles. The molecule has 2 N–H and O–H groups in total. The molecule has 2 aromatic carbocycles. The highest BCUT2D eigenvalue weighted by atomic mass is 16.4. The summed E-state index contributed by atoms with van der Waals surface area (Å²) in [5.74, 6) is -0.580. The number of hydrogen-bond donors (Lipinski definition) is 2. The van der Waals surface area contributed by atoms with Crippen LogP contribution in [0.25, 0.3) is 0 Å². The predicted molar refractivity (Wildman–Crippen MR) is 124 cm³/mol. The number of benzene rings is 2. The van der Waals surface area contributed by atoms with Crippen molar-refractivity contribution in [3.63, 3.8) is 0 Å². The van der Waals surface area contributed by atoms with Gasteiger partial charge in [0.25, 0.3) is 5.91 Å². The summed E-state index contributed by atoms with van der Waals surface area (Å²) < 4.78 is 0. The first-order valence-electron chi connectivity index (χ1n) is 10.9. The number of hydrogen-bond acceptors (Lipinski definition) is 6. The number of aromatic nitrogens is 2. The van der Waals surface area contributed by atoms with E-state index in [2.05, 4.69) is 47.2 Å². The average molecular weight is 444 g/mol. The zero-order valence-electron chi connectivity index (χ0n) is 18.6. The third kappa shape index (κ3) is 4.29. The van der Waals surface area contributed by atoms with Crippen molar-refractivity contribution in [3.8, 4) is 0 Å². The molecular formula is C25H25N5O3. The SMILES string of the molecule is Cc1cc(C)cc(Nc2ncc3c(n2)CN(C2CN(C(=O)c4cccc(C(=O)O)c4)C2)C3)c1. The van der Waals surface area contributed by atoms with Crippen LogP contribution in [-0.2, 0) is 13.1 Å². The van der Waals surface area contributed by atoms with Gasteiger partial charge < -0.3 is 15.3 Å². The standard InChI is InChI=1S/C25H25N5O3/c1-15-6-16(2)8-20(7-15)27-25-26-10-19-11-29(14-22(19)28-25)21-12-30(13-21)23(31)17-4-3-5-18(9-17)24(32)33/h3-10,21H,11-14H2,1-2H3,(H,32,33)(H,26,27,28). The number of rotatable bonds is 5. The number of carboxylic acids is 1. The zero-order valence-corrected chi connectivity index (χ0v) is 18.6. The van der Waals surface area contributed by atoms with Gasteiger partial charge in [0.15, 0.2) is 0 Å². The van der Waals surface area contributed by atoms with Gasteiger partial charge in [-0.2, -0.15) is 0 Å². The Bertz CT molecular complexity index is 1230. The van der Waals surface area contributed by atoms with Gasteiger partial charge in [-0.25, -0.2) is 14.8 Å². The molecule has 0 radical (unpaired) electrons. The van der Waals surface area contributed by atoms with Crippen molar-refractivity contribution in [2.75, 3.05) is 18.4 Å². The van der Waals surface area contributed by atoms with Crippen LogP contribution in [0.4, 0.5) is 11.6 Å². The number of nitrogens with zero attached hydrogens (tertiary/aromatic N) is 4. The van der Waals surface area contributed by atoms with E-state index in [9.17, 15) is 9.59 Å². The number of nitrogens with one attached hydrogen (secondary N) is 1. The average Bonchev–Trinajstić information content (AvgIpc) is 3.14. The topological polar surface area (TPSA) is 98.7 Å². The van der Waals surface area contributed by atoms with Gasteiger partial charge in [-0.05, 0) is 55.3 Å². The summed E-state index contributed by atoms with van der Waals surface area (Å²) >= 11 is 0. The molecular weight excluding hydrogens is 418 g/mol. The fraction of sp³-hybridized carbons (Fsp3) is 0.280. The first-order chi connectivity index (χ1) is 15.9. The Morgan fingerprint density at radius 3 is 2.48 bits per heavy atom. The van der Waals surface area contributed by atoms with Gasteiger partial charge in [0.2, 0.25) is 5.95 Å². The Morgan fingerprint density at radius 1 is 1.03 bits per heavy atom. The third-order valence-electron chi connectivity index (χ3n) is 6.18. The molecule has 3 heterocycles. The molecule has 0 atom stereocenters. The van der Waals surface area contributed by atoms with Gasteiger partial charge in [0, 0.05) is 55.2 Å². The van der Waals surface area contributed by atoms with Gasteiger partial charge in [-0.3, -0.25) is 9.69 Å². The lowest BCUT2D eigenvalue weighted by atomic mass is 10.0. The first kappa shape index (κ1) is 21.1. The van der Waals surface area contributed by atoms with Crippen LogP contribution in [0.15, 0.2) is 48.7 Å². The van der Waals surface area contributed by atoms with Crippen molar-refractivity contribution < 1.29 is 14.7 Å². The summed E-state index contributed by atoms with van der Waals surface area (Å²) in [6, 6.07) is 12.7. The Kier molecular flexibility index (Phi) is 5.30. The fourth-order valence-corrected chi connectivity index (χ4v) is 4.49. The summed E-state index contributed by atoms with van der Waals surface area (Å²) in [5, 5.41) is 12.5. The number of carboxylic acid groups (broad SMARTS) is 1. The number of carbonyl (C=O) groups is 2. The van der Waals surface area contributed by atoms with E-state index >= 15 is 0 Å². The Labute approximate surface area is 191 Å². The van der Waals surface area contributed by atoms with Crippen LogP contribution in [0, 0.1) is 13.8 Å². The highest BCUT2D eigenvalue weighted by molar-refractivity contribution is 5.97. The highest BCUT2D eigenvalue weighted by Crippen LogP contribution is 2.28. The quantitative estimate of drug-likeness (QED) is 0.624. The molecule has 2 aliphatic heterocycles. The number of carbonyl (C=O) groups excluding carboxylic acids is 1. The largest absolute Gasteiger partial charge is 0.478 e. The van der Waals surface area contributed by atoms with E-state index in [1.165, 1.54) is 23.3 Å². The maximum absolute atomic E-state index is 12.7. The van der Waals surface area contributed by atoms with Crippen LogP contribution in [0.3, 0.4) is 0 Å². The van der Waals surface area contributed by atoms with Crippen molar-refractivity contribution in [1.29, 1.82) is 0 Å². The monoisotopic (exact) mass is 443 g/mol. The molecule has 0 saturated carbocycles. The fourth-order valence-electron chi connectivity index (χ4n) is 4.49. The van der Waals surface area contributed by atoms with E-state index in [1.54, 1.807) is 17.0 Å². The Hall–Kier alpha value is -3.78. The number of fused-ring (bicyclic) bond motifs is 1. The molecule has 0 spiro atoms. The lowest BCUT2D eigenvalue weighted by Gasteiger charge is -2.44. The van der Waals surface area contributed by atoms with Crippen LogP contribution in [0.2, 0.25) is 0 Å². The molecule has 1 aromatic heterocycles. The van der Waals surface area contributed by atoms with Gasteiger partial charge >= 0.3 is 5.97 Å². The third-order valence-corrected chi connectivity index (χ3v) is 6.18.